The van der Waals surface area contributed by atoms with Gasteiger partial charge in [-0.1, -0.05) is 41.6 Å². The number of nitrogens with one attached hydrogen (secondary N) is 1. The first-order valence-corrected chi connectivity index (χ1v) is 10.7. The highest BCUT2D eigenvalue weighted by Gasteiger charge is 2.14. The van der Waals surface area contributed by atoms with E-state index in [9.17, 15) is 14.9 Å². The quantitative estimate of drug-likeness (QED) is 0.173. The topological polar surface area (TPSA) is 141 Å². The van der Waals surface area contributed by atoms with Crippen LogP contribution in [0.25, 0.3) is 17.0 Å². The van der Waals surface area contributed by atoms with Gasteiger partial charge in [-0.25, -0.2) is 5.43 Å². The lowest BCUT2D eigenvalue weighted by Crippen LogP contribution is -2.19. The average molecular weight is 484 g/mol. The molecule has 166 valence electrons. The number of furan rings is 1. The van der Waals surface area contributed by atoms with Gasteiger partial charge in [-0.2, -0.15) is 9.78 Å². The molecule has 0 saturated heterocycles. The standard InChI is InChI=1S/C20H14ClN7O4S/c21-17-8-6-14(28(30)31)10-16(17)18-9-7-15(32-18)11-22-23-19(29)12-33-20-24-25-26-27(20)13-4-2-1-3-5-13/h1-11H,12H2,(H,23,29)/b22-11+. The Kier molecular flexibility index (Phi) is 6.76. The van der Waals surface area contributed by atoms with Crippen molar-refractivity contribution in [2.24, 2.45) is 5.10 Å². The minimum Gasteiger partial charge on any atom is -0.455 e. The van der Waals surface area contributed by atoms with Crippen molar-refractivity contribution in [3.63, 3.8) is 0 Å². The number of thioether (sulfide) groups is 1. The van der Waals surface area contributed by atoms with Crippen molar-refractivity contribution in [1.29, 1.82) is 0 Å². The number of rotatable bonds is 8. The predicted octanol–water partition coefficient (Wildman–Crippen LogP) is 3.73. The number of nitrogens with zero attached hydrogens (tertiary/aromatic N) is 6. The molecular formula is C20H14ClN7O4S. The van der Waals surface area contributed by atoms with Crippen LogP contribution < -0.4 is 5.43 Å². The number of hydrogen-bond donors (Lipinski definition) is 1. The number of halogens is 1. The Morgan fingerprint density at radius 3 is 2.85 bits per heavy atom. The second-order valence-electron chi connectivity index (χ2n) is 6.41. The zero-order valence-electron chi connectivity index (χ0n) is 16.7. The van der Waals surface area contributed by atoms with E-state index in [0.29, 0.717) is 27.3 Å². The number of tetrazole rings is 1. The van der Waals surface area contributed by atoms with E-state index in [4.69, 9.17) is 16.0 Å². The predicted molar refractivity (Wildman–Crippen MR) is 121 cm³/mol. The monoisotopic (exact) mass is 483 g/mol. The van der Waals surface area contributed by atoms with Crippen molar-refractivity contribution in [3.05, 3.63) is 81.6 Å². The van der Waals surface area contributed by atoms with Gasteiger partial charge in [0.2, 0.25) is 5.16 Å². The van der Waals surface area contributed by atoms with E-state index < -0.39 is 4.92 Å². The van der Waals surface area contributed by atoms with Gasteiger partial charge in [-0.3, -0.25) is 14.9 Å². The van der Waals surface area contributed by atoms with Crippen molar-refractivity contribution in [3.8, 4) is 17.0 Å². The Morgan fingerprint density at radius 1 is 1.24 bits per heavy atom. The third-order valence-corrected chi connectivity index (χ3v) is 5.46. The molecule has 2 heterocycles. The molecule has 33 heavy (non-hydrogen) atoms. The number of hydrogen-bond acceptors (Lipinski definition) is 9. The molecule has 1 amide bonds. The summed E-state index contributed by atoms with van der Waals surface area (Å²) in [5, 5.41) is 27.1. The fourth-order valence-corrected chi connectivity index (χ4v) is 3.61. The van der Waals surface area contributed by atoms with Gasteiger partial charge in [0.25, 0.3) is 11.6 Å². The van der Waals surface area contributed by atoms with Crippen LogP contribution in [-0.2, 0) is 4.79 Å². The molecule has 4 aromatic rings. The van der Waals surface area contributed by atoms with Crippen molar-refractivity contribution in [1.82, 2.24) is 25.6 Å². The Bertz CT molecular complexity index is 1320. The van der Waals surface area contributed by atoms with Gasteiger partial charge in [0.1, 0.15) is 11.5 Å². The summed E-state index contributed by atoms with van der Waals surface area (Å²) >= 11 is 7.28. The summed E-state index contributed by atoms with van der Waals surface area (Å²) in [5.41, 5.74) is 3.44. The largest absolute Gasteiger partial charge is 0.455 e. The molecule has 0 aliphatic rings. The average Bonchev–Trinajstić information content (AvgIpc) is 3.48. The lowest BCUT2D eigenvalue weighted by molar-refractivity contribution is -0.384. The minimum absolute atomic E-state index is 0.0389. The van der Waals surface area contributed by atoms with Gasteiger partial charge in [0.05, 0.1) is 27.6 Å². The summed E-state index contributed by atoms with van der Waals surface area (Å²) in [7, 11) is 0. The number of nitro groups is 1. The summed E-state index contributed by atoms with van der Waals surface area (Å²) < 4.78 is 7.14. The van der Waals surface area contributed by atoms with E-state index in [1.807, 2.05) is 30.3 Å². The Balaban J connectivity index is 1.34. The number of aromatic nitrogens is 4. The smallest absolute Gasteiger partial charge is 0.270 e. The molecule has 2 aromatic heterocycles. The van der Waals surface area contributed by atoms with Crippen LogP contribution >= 0.6 is 23.4 Å². The highest BCUT2D eigenvalue weighted by atomic mass is 35.5. The normalized spacial score (nSPS) is 11.1. The minimum atomic E-state index is -0.517. The van der Waals surface area contributed by atoms with Crippen LogP contribution in [0.1, 0.15) is 5.76 Å². The SMILES string of the molecule is O=C(CSc1nnnn1-c1ccccc1)N/N=C/c1ccc(-c2cc([N+](=O)[O-])ccc2Cl)o1. The van der Waals surface area contributed by atoms with Gasteiger partial charge in [0, 0.05) is 17.7 Å². The van der Waals surface area contributed by atoms with E-state index in [0.717, 1.165) is 17.4 Å². The first-order chi connectivity index (χ1) is 16.0. The first kappa shape index (κ1) is 22.2. The molecule has 4 rings (SSSR count). The molecule has 0 bridgehead atoms. The molecule has 0 unspecified atom stereocenters. The van der Waals surface area contributed by atoms with Crippen LogP contribution in [0.15, 0.2) is 75.3 Å². The van der Waals surface area contributed by atoms with Crippen molar-refractivity contribution in [2.75, 3.05) is 5.75 Å². The van der Waals surface area contributed by atoms with Gasteiger partial charge < -0.3 is 4.42 Å². The highest BCUT2D eigenvalue weighted by Crippen LogP contribution is 2.32. The Hall–Kier alpha value is -4.03. The van der Waals surface area contributed by atoms with Crippen LogP contribution in [0.5, 0.6) is 0 Å². The van der Waals surface area contributed by atoms with Crippen molar-refractivity contribution < 1.29 is 14.1 Å². The van der Waals surface area contributed by atoms with Crippen LogP contribution in [0, 0.1) is 10.1 Å². The van der Waals surface area contributed by atoms with Crippen LogP contribution in [0.3, 0.4) is 0 Å². The van der Waals surface area contributed by atoms with E-state index in [1.165, 1.54) is 29.1 Å². The summed E-state index contributed by atoms with van der Waals surface area (Å²) in [4.78, 5) is 22.6. The lowest BCUT2D eigenvalue weighted by atomic mass is 10.1. The maximum atomic E-state index is 12.1. The Morgan fingerprint density at radius 2 is 2.06 bits per heavy atom. The lowest BCUT2D eigenvalue weighted by Gasteiger charge is -2.03. The molecule has 1 N–H and O–H groups in total. The van der Waals surface area contributed by atoms with Crippen LogP contribution in [0.4, 0.5) is 5.69 Å². The fourth-order valence-electron chi connectivity index (χ4n) is 2.71. The summed E-state index contributed by atoms with van der Waals surface area (Å²) in [6, 6.07) is 16.6. The number of para-hydroxylation sites is 1. The zero-order chi connectivity index (χ0) is 23.2. The second kappa shape index (κ2) is 10.1. The Labute approximate surface area is 195 Å². The maximum Gasteiger partial charge on any atom is 0.270 e. The second-order valence-corrected chi connectivity index (χ2v) is 7.76. The molecular weight excluding hydrogens is 470 g/mol. The number of benzene rings is 2. The molecule has 11 nitrogen and oxygen atoms in total. The van der Waals surface area contributed by atoms with Gasteiger partial charge in [0.15, 0.2) is 0 Å². The number of carbonyl (C=O) groups is 1. The molecule has 0 fully saturated rings. The molecule has 2 aromatic carbocycles. The highest BCUT2D eigenvalue weighted by molar-refractivity contribution is 7.99. The molecule has 0 atom stereocenters. The molecule has 0 saturated carbocycles. The number of hydrazone groups is 1. The van der Waals surface area contributed by atoms with Gasteiger partial charge in [-0.15, -0.1) is 5.10 Å². The molecule has 0 aliphatic carbocycles. The van der Waals surface area contributed by atoms with Crippen molar-refractivity contribution >= 4 is 41.2 Å². The third-order valence-electron chi connectivity index (χ3n) is 4.21. The number of amides is 1. The van der Waals surface area contributed by atoms with E-state index >= 15 is 0 Å². The van der Waals surface area contributed by atoms with Gasteiger partial charge in [-0.05, 0) is 40.8 Å². The fraction of sp³-hybridized carbons (Fsp3) is 0.0500. The van der Waals surface area contributed by atoms with E-state index in [1.54, 1.807) is 12.1 Å². The maximum absolute atomic E-state index is 12.1. The summed E-state index contributed by atoms with van der Waals surface area (Å²) in [5.74, 6) is 0.331. The molecule has 0 spiro atoms. The molecule has 0 radical (unpaired) electrons. The molecule has 13 heteroatoms. The van der Waals surface area contributed by atoms with Gasteiger partial charge >= 0.3 is 0 Å². The molecule has 0 aliphatic heterocycles. The van der Waals surface area contributed by atoms with E-state index in [2.05, 4.69) is 26.1 Å². The number of carbonyl (C=O) groups excluding carboxylic acids is 1. The first-order valence-electron chi connectivity index (χ1n) is 9.34. The van der Waals surface area contributed by atoms with E-state index in [-0.39, 0.29) is 17.3 Å². The number of non-ortho nitro benzene ring substituents is 1. The zero-order valence-corrected chi connectivity index (χ0v) is 18.2. The summed E-state index contributed by atoms with van der Waals surface area (Å²) in [6.07, 6.45) is 1.31. The van der Waals surface area contributed by atoms with Crippen molar-refractivity contribution in [2.45, 2.75) is 5.16 Å². The van der Waals surface area contributed by atoms with Crippen LogP contribution in [-0.4, -0.2) is 43.0 Å². The number of nitro benzene ring substituents is 1. The van der Waals surface area contributed by atoms with Crippen LogP contribution in [0.2, 0.25) is 5.02 Å². The summed E-state index contributed by atoms with van der Waals surface area (Å²) in [6.45, 7) is 0. The third kappa shape index (κ3) is 5.42.